The second-order valence-electron chi connectivity index (χ2n) is 11.9. The number of carboxylic acids is 1. The predicted octanol–water partition coefficient (Wildman–Crippen LogP) is 9.89. The van der Waals surface area contributed by atoms with Gasteiger partial charge in [0.05, 0.1) is 0 Å². The lowest BCUT2D eigenvalue weighted by molar-refractivity contribution is -0.141. The zero-order valence-corrected chi connectivity index (χ0v) is 25.8. The van der Waals surface area contributed by atoms with Crippen LogP contribution in [0.2, 0.25) is 0 Å². The Morgan fingerprint density at radius 2 is 0.950 bits per heavy atom. The molecule has 0 saturated heterocycles. The molecule has 5 heteroatoms. The minimum atomic E-state index is -1.04. The Bertz CT molecular complexity index is 733. The molecule has 1 atom stereocenters. The first-order chi connectivity index (χ1) is 19.5. The van der Waals surface area contributed by atoms with Crippen molar-refractivity contribution in [3.63, 3.8) is 0 Å². The summed E-state index contributed by atoms with van der Waals surface area (Å²) in [6.45, 7) is 2.28. The number of rotatable bonds is 28. The first-order valence-corrected chi connectivity index (χ1v) is 16.8. The molecule has 5 nitrogen and oxygen atoms in total. The Kier molecular flexibility index (Phi) is 23.3. The molecule has 0 radical (unpaired) electrons. The Morgan fingerprint density at radius 3 is 1.30 bits per heavy atom. The van der Waals surface area contributed by atoms with Crippen LogP contribution in [-0.4, -0.2) is 28.1 Å². The molecule has 0 aromatic heterocycles. The number of unbranched alkanes of at least 4 members (excludes halogenated alkanes) is 22. The van der Waals surface area contributed by atoms with Gasteiger partial charge in [0, 0.05) is 12.8 Å². The van der Waals surface area contributed by atoms with Crippen LogP contribution < -0.4 is 5.32 Å². The summed E-state index contributed by atoms with van der Waals surface area (Å²) in [4.78, 5) is 23.7. The number of benzene rings is 1. The molecule has 0 aliphatic rings. The highest BCUT2D eigenvalue weighted by Gasteiger charge is 2.20. The number of aliphatic carboxylic acids is 1. The molecule has 0 heterocycles. The maximum absolute atomic E-state index is 12.2. The van der Waals surface area contributed by atoms with Crippen LogP contribution in [0.25, 0.3) is 0 Å². The van der Waals surface area contributed by atoms with Gasteiger partial charge in [0.2, 0.25) is 5.91 Å². The highest BCUT2D eigenvalue weighted by Crippen LogP contribution is 2.16. The first-order valence-electron chi connectivity index (χ1n) is 16.8. The van der Waals surface area contributed by atoms with Crippen LogP contribution in [0.15, 0.2) is 24.3 Å². The standard InChI is InChI=1S/C35H61NO4/c1-2-3-4-5-6-7-8-9-10-11-12-13-14-15-16-17-18-19-20-21-22-23-24-25-34(38)36-33(35(39)40)30-31-26-28-32(37)29-27-31/h26-29,33,37H,2-25,30H2,1H3,(H,36,38)(H,39,40)/t33-/m0/s1. The number of aromatic hydroxyl groups is 1. The monoisotopic (exact) mass is 559 g/mol. The second-order valence-corrected chi connectivity index (χ2v) is 11.9. The molecule has 40 heavy (non-hydrogen) atoms. The largest absolute Gasteiger partial charge is 0.508 e. The molecule has 0 bridgehead atoms. The molecular formula is C35H61NO4. The van der Waals surface area contributed by atoms with Gasteiger partial charge >= 0.3 is 5.97 Å². The maximum Gasteiger partial charge on any atom is 0.326 e. The summed E-state index contributed by atoms with van der Waals surface area (Å²) in [5.41, 5.74) is 0.769. The van der Waals surface area contributed by atoms with Gasteiger partial charge in [0.15, 0.2) is 0 Å². The lowest BCUT2D eigenvalue weighted by atomic mass is 10.0. The Balaban J connectivity index is 1.83. The number of carboxylic acid groups (broad SMARTS) is 1. The lowest BCUT2D eigenvalue weighted by Gasteiger charge is -2.14. The molecule has 0 spiro atoms. The summed E-state index contributed by atoms with van der Waals surface area (Å²) in [5, 5.41) is 21.4. The van der Waals surface area contributed by atoms with E-state index in [1.807, 2.05) is 0 Å². The van der Waals surface area contributed by atoms with Gasteiger partial charge in [-0.25, -0.2) is 4.79 Å². The van der Waals surface area contributed by atoms with Crippen LogP contribution in [0.4, 0.5) is 0 Å². The van der Waals surface area contributed by atoms with E-state index in [0.717, 1.165) is 24.8 Å². The minimum Gasteiger partial charge on any atom is -0.508 e. The SMILES string of the molecule is CCCCCCCCCCCCCCCCCCCCCCCCCC(=O)N[C@@H](Cc1ccc(O)cc1)C(=O)O. The van der Waals surface area contributed by atoms with Crippen molar-refractivity contribution < 1.29 is 19.8 Å². The smallest absolute Gasteiger partial charge is 0.326 e. The molecule has 1 rings (SSSR count). The van der Waals surface area contributed by atoms with E-state index in [1.54, 1.807) is 12.1 Å². The van der Waals surface area contributed by atoms with Crippen LogP contribution in [0.3, 0.4) is 0 Å². The van der Waals surface area contributed by atoms with Crippen LogP contribution >= 0.6 is 0 Å². The minimum absolute atomic E-state index is 0.139. The number of hydrogen-bond donors (Lipinski definition) is 3. The van der Waals surface area contributed by atoms with Crippen molar-refractivity contribution >= 4 is 11.9 Å². The summed E-state index contributed by atoms with van der Waals surface area (Å²) in [5.74, 6) is -1.10. The van der Waals surface area contributed by atoms with E-state index >= 15 is 0 Å². The van der Waals surface area contributed by atoms with E-state index in [9.17, 15) is 19.8 Å². The molecule has 0 fully saturated rings. The molecule has 0 saturated carbocycles. The van der Waals surface area contributed by atoms with Gasteiger partial charge in [-0.05, 0) is 24.1 Å². The summed E-state index contributed by atoms with van der Waals surface area (Å²) in [7, 11) is 0. The Morgan fingerprint density at radius 1 is 0.600 bits per heavy atom. The van der Waals surface area contributed by atoms with Gasteiger partial charge in [-0.15, -0.1) is 0 Å². The normalized spacial score (nSPS) is 11.9. The summed E-state index contributed by atoms with van der Waals surface area (Å²) in [6, 6.07) is 5.46. The second kappa shape index (κ2) is 25.9. The van der Waals surface area contributed by atoms with Gasteiger partial charge in [-0.3, -0.25) is 4.79 Å². The molecule has 1 amide bonds. The number of nitrogens with one attached hydrogen (secondary N) is 1. The zero-order chi connectivity index (χ0) is 29.1. The number of phenols is 1. The summed E-state index contributed by atoms with van der Waals surface area (Å²) in [6.07, 6.45) is 31.4. The van der Waals surface area contributed by atoms with Gasteiger partial charge < -0.3 is 15.5 Å². The fourth-order valence-corrected chi connectivity index (χ4v) is 5.41. The van der Waals surface area contributed by atoms with Crippen LogP contribution in [0, 0.1) is 0 Å². The molecule has 0 aliphatic heterocycles. The number of carbonyl (C=O) groups is 2. The third kappa shape index (κ3) is 21.7. The van der Waals surface area contributed by atoms with Crippen molar-refractivity contribution in [1.82, 2.24) is 5.32 Å². The van der Waals surface area contributed by atoms with Crippen LogP contribution in [-0.2, 0) is 16.0 Å². The average Bonchev–Trinajstić information content (AvgIpc) is 2.94. The van der Waals surface area contributed by atoms with Crippen molar-refractivity contribution in [2.75, 3.05) is 0 Å². The van der Waals surface area contributed by atoms with Gasteiger partial charge in [-0.1, -0.05) is 160 Å². The third-order valence-electron chi connectivity index (χ3n) is 8.02. The van der Waals surface area contributed by atoms with Crippen molar-refractivity contribution in [3.8, 4) is 5.75 Å². The van der Waals surface area contributed by atoms with E-state index in [0.29, 0.717) is 6.42 Å². The summed E-state index contributed by atoms with van der Waals surface area (Å²) >= 11 is 0. The van der Waals surface area contributed by atoms with E-state index in [1.165, 1.54) is 141 Å². The molecule has 0 aliphatic carbocycles. The van der Waals surface area contributed by atoms with Crippen molar-refractivity contribution in [2.45, 2.75) is 173 Å². The molecular weight excluding hydrogens is 498 g/mol. The lowest BCUT2D eigenvalue weighted by Crippen LogP contribution is -2.42. The number of carbonyl (C=O) groups excluding carboxylic acids is 1. The van der Waals surface area contributed by atoms with Gasteiger partial charge in [-0.2, -0.15) is 0 Å². The molecule has 1 aromatic carbocycles. The van der Waals surface area contributed by atoms with Gasteiger partial charge in [0.25, 0.3) is 0 Å². The van der Waals surface area contributed by atoms with Crippen LogP contribution in [0.1, 0.15) is 167 Å². The quantitative estimate of drug-likeness (QED) is 0.0892. The summed E-state index contributed by atoms with van der Waals surface area (Å²) < 4.78 is 0. The predicted molar refractivity (Wildman–Crippen MR) is 168 cm³/mol. The highest BCUT2D eigenvalue weighted by molar-refractivity contribution is 5.83. The fourth-order valence-electron chi connectivity index (χ4n) is 5.41. The Labute approximate surface area is 245 Å². The molecule has 1 aromatic rings. The highest BCUT2D eigenvalue weighted by atomic mass is 16.4. The average molecular weight is 560 g/mol. The van der Waals surface area contributed by atoms with Crippen LogP contribution in [0.5, 0.6) is 5.75 Å². The van der Waals surface area contributed by atoms with E-state index in [4.69, 9.17) is 0 Å². The third-order valence-corrected chi connectivity index (χ3v) is 8.02. The first kappa shape index (κ1) is 36.0. The maximum atomic E-state index is 12.2. The van der Waals surface area contributed by atoms with Crippen molar-refractivity contribution in [2.24, 2.45) is 0 Å². The molecule has 0 unspecified atom stereocenters. The molecule has 230 valence electrons. The fraction of sp³-hybridized carbons (Fsp3) is 0.771. The zero-order valence-electron chi connectivity index (χ0n) is 25.8. The van der Waals surface area contributed by atoms with E-state index in [2.05, 4.69) is 12.2 Å². The van der Waals surface area contributed by atoms with Crippen molar-refractivity contribution in [3.05, 3.63) is 29.8 Å². The number of phenolic OH excluding ortho intramolecular Hbond substituents is 1. The van der Waals surface area contributed by atoms with Crippen molar-refractivity contribution in [1.29, 1.82) is 0 Å². The van der Waals surface area contributed by atoms with Gasteiger partial charge in [0.1, 0.15) is 11.8 Å². The molecule has 3 N–H and O–H groups in total. The van der Waals surface area contributed by atoms with E-state index < -0.39 is 12.0 Å². The number of hydrogen-bond acceptors (Lipinski definition) is 3. The number of amides is 1. The topological polar surface area (TPSA) is 86.6 Å². The van der Waals surface area contributed by atoms with E-state index in [-0.39, 0.29) is 18.1 Å². The Hall–Kier alpha value is -2.04.